The number of aliphatic hydroxyl groups is 2. The topological polar surface area (TPSA) is 60.7 Å². The van der Waals surface area contributed by atoms with Crippen LogP contribution in [0.3, 0.4) is 0 Å². The van der Waals surface area contributed by atoms with Crippen molar-refractivity contribution in [1.29, 1.82) is 0 Å². The third-order valence-corrected chi connectivity index (χ3v) is 4.21. The highest BCUT2D eigenvalue weighted by Crippen LogP contribution is 2.34. The molecule has 0 aromatic heterocycles. The maximum Gasteiger partial charge on any atom is 0.121 e. The number of phenols is 1. The van der Waals surface area contributed by atoms with Crippen LogP contribution in [0.5, 0.6) is 5.75 Å². The van der Waals surface area contributed by atoms with Gasteiger partial charge in [0.15, 0.2) is 0 Å². The van der Waals surface area contributed by atoms with Gasteiger partial charge in [-0.3, -0.25) is 0 Å². The summed E-state index contributed by atoms with van der Waals surface area (Å²) in [5.74, 6) is 0.108. The van der Waals surface area contributed by atoms with Crippen molar-refractivity contribution in [2.24, 2.45) is 0 Å². The second-order valence-electron chi connectivity index (χ2n) is 5.93. The molecule has 0 amide bonds. The fourth-order valence-electron chi connectivity index (χ4n) is 2.50. The van der Waals surface area contributed by atoms with Crippen molar-refractivity contribution in [2.75, 3.05) is 0 Å². The van der Waals surface area contributed by atoms with E-state index in [1.807, 2.05) is 31.2 Å². The van der Waals surface area contributed by atoms with E-state index in [0.717, 1.165) is 22.3 Å². The molecule has 0 radical (unpaired) electrons. The molecule has 3 N–H and O–H groups in total. The summed E-state index contributed by atoms with van der Waals surface area (Å²) in [4.78, 5) is 0. The monoisotopic (exact) mass is 286 g/mol. The molecule has 2 aromatic carbocycles. The normalized spacial score (nSPS) is 11.7. The van der Waals surface area contributed by atoms with Crippen molar-refractivity contribution in [2.45, 2.75) is 39.4 Å². The first-order chi connectivity index (χ1) is 9.90. The molecule has 0 heterocycles. The standard InChI is InChI=1S/C18H22O3/c1-12-4-5-15(8-13(12)10-19)18(2,3)16-6-7-17(21)14(9-16)11-20/h4-9,19-21H,10-11H2,1-3H3. The van der Waals surface area contributed by atoms with Gasteiger partial charge in [0.1, 0.15) is 5.75 Å². The average Bonchev–Trinajstić information content (AvgIpc) is 2.47. The van der Waals surface area contributed by atoms with E-state index in [4.69, 9.17) is 0 Å². The maximum absolute atomic E-state index is 9.70. The van der Waals surface area contributed by atoms with E-state index in [1.165, 1.54) is 0 Å². The van der Waals surface area contributed by atoms with Gasteiger partial charge in [-0.2, -0.15) is 0 Å². The zero-order valence-corrected chi connectivity index (χ0v) is 12.7. The quantitative estimate of drug-likeness (QED) is 0.809. The number of hydrogen-bond donors (Lipinski definition) is 3. The van der Waals surface area contributed by atoms with Gasteiger partial charge in [-0.15, -0.1) is 0 Å². The molecule has 0 atom stereocenters. The van der Waals surface area contributed by atoms with Crippen molar-refractivity contribution in [3.63, 3.8) is 0 Å². The lowest BCUT2D eigenvalue weighted by molar-refractivity contribution is 0.275. The Balaban J connectivity index is 2.50. The van der Waals surface area contributed by atoms with Gasteiger partial charge in [0.25, 0.3) is 0 Å². The van der Waals surface area contributed by atoms with Gasteiger partial charge in [0.2, 0.25) is 0 Å². The first-order valence-corrected chi connectivity index (χ1v) is 7.04. The molecule has 0 saturated carbocycles. The van der Waals surface area contributed by atoms with Crippen LogP contribution in [0, 0.1) is 6.92 Å². The molecule has 0 aliphatic rings. The van der Waals surface area contributed by atoms with Crippen LogP contribution < -0.4 is 0 Å². The van der Waals surface area contributed by atoms with E-state index < -0.39 is 0 Å². The minimum Gasteiger partial charge on any atom is -0.508 e. The van der Waals surface area contributed by atoms with E-state index in [2.05, 4.69) is 19.9 Å². The summed E-state index contributed by atoms with van der Waals surface area (Å²) in [5, 5.41) is 28.4. The SMILES string of the molecule is Cc1ccc(C(C)(C)c2ccc(O)c(CO)c2)cc1CO. The van der Waals surface area contributed by atoms with Crippen LogP contribution in [0.25, 0.3) is 0 Å². The molecular formula is C18H22O3. The van der Waals surface area contributed by atoms with Gasteiger partial charge in [-0.25, -0.2) is 0 Å². The van der Waals surface area contributed by atoms with Crippen molar-refractivity contribution in [3.8, 4) is 5.75 Å². The number of aliphatic hydroxyl groups excluding tert-OH is 2. The van der Waals surface area contributed by atoms with Crippen LogP contribution in [0.1, 0.15) is 41.7 Å². The first-order valence-electron chi connectivity index (χ1n) is 7.04. The molecule has 2 rings (SSSR count). The molecule has 0 aliphatic heterocycles. The highest BCUT2D eigenvalue weighted by molar-refractivity contribution is 5.45. The van der Waals surface area contributed by atoms with Crippen LogP contribution >= 0.6 is 0 Å². The van der Waals surface area contributed by atoms with Crippen molar-refractivity contribution >= 4 is 0 Å². The largest absolute Gasteiger partial charge is 0.508 e. The van der Waals surface area contributed by atoms with Crippen LogP contribution in [-0.4, -0.2) is 15.3 Å². The predicted octanol–water partition coefficient (Wildman–Crippen LogP) is 3.01. The Morgan fingerprint density at radius 2 is 1.38 bits per heavy atom. The fraction of sp³-hybridized carbons (Fsp3) is 0.333. The lowest BCUT2D eigenvalue weighted by atomic mass is 9.77. The number of rotatable bonds is 4. The lowest BCUT2D eigenvalue weighted by Gasteiger charge is -2.27. The van der Waals surface area contributed by atoms with Gasteiger partial charge < -0.3 is 15.3 Å². The summed E-state index contributed by atoms with van der Waals surface area (Å²) < 4.78 is 0. The zero-order valence-electron chi connectivity index (χ0n) is 12.7. The Hall–Kier alpha value is -1.84. The Kier molecular flexibility index (Phi) is 4.35. The second-order valence-corrected chi connectivity index (χ2v) is 5.93. The molecule has 2 aromatic rings. The Bertz CT molecular complexity index is 589. The molecule has 112 valence electrons. The minimum atomic E-state index is -0.283. The minimum absolute atomic E-state index is 0.0211. The molecule has 0 unspecified atom stereocenters. The molecule has 0 bridgehead atoms. The van der Waals surface area contributed by atoms with E-state index in [-0.39, 0.29) is 24.4 Å². The number of hydrogen-bond acceptors (Lipinski definition) is 3. The predicted molar refractivity (Wildman–Crippen MR) is 83.3 cm³/mol. The highest BCUT2D eigenvalue weighted by Gasteiger charge is 2.24. The van der Waals surface area contributed by atoms with Gasteiger partial charge in [0.05, 0.1) is 13.2 Å². The third kappa shape index (κ3) is 2.94. The van der Waals surface area contributed by atoms with Crippen LogP contribution in [0.15, 0.2) is 36.4 Å². The van der Waals surface area contributed by atoms with E-state index in [0.29, 0.717) is 5.56 Å². The summed E-state index contributed by atoms with van der Waals surface area (Å²) in [6, 6.07) is 11.4. The van der Waals surface area contributed by atoms with E-state index in [1.54, 1.807) is 6.07 Å². The third-order valence-electron chi connectivity index (χ3n) is 4.21. The van der Waals surface area contributed by atoms with Gasteiger partial charge >= 0.3 is 0 Å². The molecule has 0 aliphatic carbocycles. The molecule has 0 spiro atoms. The summed E-state index contributed by atoms with van der Waals surface area (Å²) in [6.45, 7) is 5.99. The summed E-state index contributed by atoms with van der Waals surface area (Å²) in [7, 11) is 0. The Morgan fingerprint density at radius 3 is 1.95 bits per heavy atom. The van der Waals surface area contributed by atoms with E-state index >= 15 is 0 Å². The van der Waals surface area contributed by atoms with Gasteiger partial charge in [-0.05, 0) is 41.3 Å². The molecule has 0 saturated heterocycles. The lowest BCUT2D eigenvalue weighted by Crippen LogP contribution is -2.19. The molecule has 3 heteroatoms. The van der Waals surface area contributed by atoms with Crippen LogP contribution in [0.4, 0.5) is 0 Å². The number of aryl methyl sites for hydroxylation is 1. The Morgan fingerprint density at radius 1 is 0.857 bits per heavy atom. The van der Waals surface area contributed by atoms with Gasteiger partial charge in [0, 0.05) is 11.0 Å². The summed E-state index contributed by atoms with van der Waals surface area (Å²) in [5.41, 5.74) is 4.33. The number of benzene rings is 2. The van der Waals surface area contributed by atoms with Crippen molar-refractivity contribution < 1.29 is 15.3 Å². The molecule has 0 fully saturated rings. The van der Waals surface area contributed by atoms with Crippen LogP contribution in [-0.2, 0) is 18.6 Å². The second kappa shape index (κ2) is 5.88. The van der Waals surface area contributed by atoms with Crippen LogP contribution in [0.2, 0.25) is 0 Å². The summed E-state index contributed by atoms with van der Waals surface area (Å²) >= 11 is 0. The molecule has 21 heavy (non-hydrogen) atoms. The summed E-state index contributed by atoms with van der Waals surface area (Å²) in [6.07, 6.45) is 0. The van der Waals surface area contributed by atoms with Crippen molar-refractivity contribution in [1.82, 2.24) is 0 Å². The molecular weight excluding hydrogens is 264 g/mol. The Labute approximate surface area is 125 Å². The van der Waals surface area contributed by atoms with Gasteiger partial charge in [-0.1, -0.05) is 38.1 Å². The van der Waals surface area contributed by atoms with E-state index in [9.17, 15) is 15.3 Å². The zero-order chi connectivity index (χ0) is 15.6. The number of aromatic hydroxyl groups is 1. The average molecular weight is 286 g/mol. The maximum atomic E-state index is 9.70. The highest BCUT2D eigenvalue weighted by atomic mass is 16.3. The smallest absolute Gasteiger partial charge is 0.121 e. The first kappa shape index (κ1) is 15.5. The molecule has 3 nitrogen and oxygen atoms in total. The van der Waals surface area contributed by atoms with Crippen molar-refractivity contribution in [3.05, 3.63) is 64.2 Å². The fourth-order valence-corrected chi connectivity index (χ4v) is 2.50.